The Kier molecular flexibility index (Phi) is 5.33. The van der Waals surface area contributed by atoms with Gasteiger partial charge in [0.2, 0.25) is 5.95 Å². The molecule has 1 aromatic heterocycles. The van der Waals surface area contributed by atoms with Crippen molar-refractivity contribution in [3.05, 3.63) is 58.8 Å². The highest BCUT2D eigenvalue weighted by Gasteiger charge is 2.30. The first-order valence-electron chi connectivity index (χ1n) is 8.85. The fraction of sp³-hybridized carbons (Fsp3) is 0.333. The van der Waals surface area contributed by atoms with Crippen molar-refractivity contribution in [2.75, 3.05) is 11.1 Å². The van der Waals surface area contributed by atoms with Gasteiger partial charge in [0.15, 0.2) is 0 Å². The van der Waals surface area contributed by atoms with Crippen LogP contribution in [0.1, 0.15) is 39.3 Å². The summed E-state index contributed by atoms with van der Waals surface area (Å²) >= 11 is 5.93. The number of nitrogens with one attached hydrogen (secondary N) is 1. The number of anilines is 3. The van der Waals surface area contributed by atoms with E-state index in [0.717, 1.165) is 17.8 Å². The molecule has 1 aliphatic carbocycles. The molecule has 1 unspecified atom stereocenters. The minimum absolute atomic E-state index is 0.248. The Morgan fingerprint density at radius 2 is 1.96 bits per heavy atom. The number of halogens is 1. The highest BCUT2D eigenvalue weighted by molar-refractivity contribution is 6.30. The summed E-state index contributed by atoms with van der Waals surface area (Å²) in [5.74, 6) is 1.31. The molecule has 4 nitrogen and oxygen atoms in total. The summed E-state index contributed by atoms with van der Waals surface area (Å²) in [5.41, 5.74) is 9.25. The Morgan fingerprint density at radius 1 is 1.23 bits per heavy atom. The first kappa shape index (κ1) is 18.5. The fourth-order valence-corrected chi connectivity index (χ4v) is 3.62. The van der Waals surface area contributed by atoms with Gasteiger partial charge in [-0.15, -0.1) is 0 Å². The molecule has 1 atom stereocenters. The van der Waals surface area contributed by atoms with Crippen molar-refractivity contribution in [2.24, 2.45) is 11.3 Å². The van der Waals surface area contributed by atoms with Gasteiger partial charge in [-0.05, 0) is 55.5 Å². The third kappa shape index (κ3) is 4.44. The SMILES string of the molecule is CC1=CCCC(C)(C)C1/C=C/c1cc(Nc2ccc(Cl)cc2)nc(N)n1. The lowest BCUT2D eigenvalue weighted by molar-refractivity contribution is 0.256. The molecule has 5 heteroatoms. The number of rotatable bonds is 4. The lowest BCUT2D eigenvalue weighted by Gasteiger charge is -2.36. The standard InChI is InChI=1S/C21H25ClN4/c1-14-5-4-12-21(2,3)18(14)11-10-17-13-19(26-20(23)25-17)24-16-8-6-15(22)7-9-16/h5-11,13,18H,4,12H2,1-3H3,(H3,23,24,25,26)/b11-10+. The Hall–Kier alpha value is -2.33. The van der Waals surface area contributed by atoms with Gasteiger partial charge < -0.3 is 11.1 Å². The van der Waals surface area contributed by atoms with Crippen LogP contribution in [0.25, 0.3) is 6.08 Å². The summed E-state index contributed by atoms with van der Waals surface area (Å²) in [4.78, 5) is 8.61. The Morgan fingerprint density at radius 3 is 2.65 bits per heavy atom. The molecule has 0 radical (unpaired) electrons. The minimum atomic E-state index is 0.248. The number of allylic oxidation sites excluding steroid dienone is 3. The van der Waals surface area contributed by atoms with Crippen molar-refractivity contribution in [3.8, 4) is 0 Å². The van der Waals surface area contributed by atoms with E-state index in [9.17, 15) is 0 Å². The molecule has 0 saturated heterocycles. The zero-order valence-electron chi connectivity index (χ0n) is 15.5. The maximum atomic E-state index is 5.93. The summed E-state index contributed by atoms with van der Waals surface area (Å²) in [6, 6.07) is 9.35. The van der Waals surface area contributed by atoms with Crippen LogP contribution in [0, 0.1) is 11.3 Å². The second-order valence-corrected chi connectivity index (χ2v) is 7.92. The van der Waals surface area contributed by atoms with E-state index in [1.165, 1.54) is 12.0 Å². The first-order chi connectivity index (χ1) is 12.3. The molecule has 1 aromatic carbocycles. The third-order valence-corrected chi connectivity index (χ3v) is 5.18. The molecule has 2 aromatic rings. The average Bonchev–Trinajstić information content (AvgIpc) is 2.55. The van der Waals surface area contributed by atoms with Gasteiger partial charge in [0.05, 0.1) is 5.69 Å². The molecule has 3 N–H and O–H groups in total. The number of nitrogens with two attached hydrogens (primary N) is 1. The van der Waals surface area contributed by atoms with Crippen LogP contribution in [0.3, 0.4) is 0 Å². The van der Waals surface area contributed by atoms with Gasteiger partial charge in [-0.25, -0.2) is 4.98 Å². The van der Waals surface area contributed by atoms with Crippen molar-refractivity contribution >= 4 is 35.1 Å². The first-order valence-corrected chi connectivity index (χ1v) is 9.23. The molecule has 0 fully saturated rings. The van der Waals surface area contributed by atoms with E-state index < -0.39 is 0 Å². The number of benzene rings is 1. The molecule has 0 saturated carbocycles. The van der Waals surface area contributed by atoms with E-state index in [1.807, 2.05) is 36.4 Å². The second-order valence-electron chi connectivity index (χ2n) is 7.48. The largest absolute Gasteiger partial charge is 0.368 e. The molecule has 136 valence electrons. The molecule has 3 rings (SSSR count). The number of hydrogen-bond acceptors (Lipinski definition) is 4. The van der Waals surface area contributed by atoms with Crippen LogP contribution < -0.4 is 11.1 Å². The minimum Gasteiger partial charge on any atom is -0.368 e. The van der Waals surface area contributed by atoms with E-state index in [0.29, 0.717) is 16.8 Å². The van der Waals surface area contributed by atoms with Gasteiger partial charge in [0.1, 0.15) is 5.82 Å². The third-order valence-electron chi connectivity index (χ3n) is 4.93. The molecule has 0 bridgehead atoms. The number of hydrogen-bond donors (Lipinski definition) is 2. The fourth-order valence-electron chi connectivity index (χ4n) is 3.49. The lowest BCUT2D eigenvalue weighted by Crippen LogP contribution is -2.26. The van der Waals surface area contributed by atoms with Crippen molar-refractivity contribution in [2.45, 2.75) is 33.6 Å². The van der Waals surface area contributed by atoms with Crippen molar-refractivity contribution in [1.29, 1.82) is 0 Å². The Labute approximate surface area is 160 Å². The molecule has 0 aliphatic heterocycles. The average molecular weight is 369 g/mol. The second kappa shape index (κ2) is 7.50. The molecule has 0 spiro atoms. The van der Waals surface area contributed by atoms with Crippen molar-refractivity contribution < 1.29 is 0 Å². The van der Waals surface area contributed by atoms with Crippen LogP contribution in [-0.2, 0) is 0 Å². The molecule has 1 aliphatic rings. The topological polar surface area (TPSA) is 63.8 Å². The summed E-state index contributed by atoms with van der Waals surface area (Å²) in [6.07, 6.45) is 8.95. The maximum absolute atomic E-state index is 5.93. The number of aromatic nitrogens is 2. The molecular formula is C21H25ClN4. The van der Waals surface area contributed by atoms with E-state index in [4.69, 9.17) is 17.3 Å². The van der Waals surface area contributed by atoms with Gasteiger partial charge in [-0.2, -0.15) is 4.98 Å². The van der Waals surface area contributed by atoms with Gasteiger partial charge >= 0.3 is 0 Å². The maximum Gasteiger partial charge on any atom is 0.222 e. The normalized spacial score (nSPS) is 19.4. The van der Waals surface area contributed by atoms with Crippen molar-refractivity contribution in [1.82, 2.24) is 9.97 Å². The van der Waals surface area contributed by atoms with Crippen LogP contribution in [0.4, 0.5) is 17.5 Å². The predicted molar refractivity (Wildman–Crippen MR) is 110 cm³/mol. The van der Waals surface area contributed by atoms with Crippen LogP contribution >= 0.6 is 11.6 Å². The molecule has 26 heavy (non-hydrogen) atoms. The van der Waals surface area contributed by atoms with E-state index in [1.54, 1.807) is 0 Å². The summed E-state index contributed by atoms with van der Waals surface area (Å²) in [7, 11) is 0. The van der Waals surface area contributed by atoms with Gasteiger partial charge in [-0.3, -0.25) is 0 Å². The highest BCUT2D eigenvalue weighted by atomic mass is 35.5. The quantitative estimate of drug-likeness (QED) is 0.664. The van der Waals surface area contributed by atoms with Crippen LogP contribution in [0.2, 0.25) is 5.02 Å². The number of nitrogens with zero attached hydrogens (tertiary/aromatic N) is 2. The van der Waals surface area contributed by atoms with Gasteiger partial charge in [0.25, 0.3) is 0 Å². The molecule has 0 amide bonds. The zero-order chi connectivity index (χ0) is 18.7. The van der Waals surface area contributed by atoms with Crippen molar-refractivity contribution in [3.63, 3.8) is 0 Å². The molecular weight excluding hydrogens is 344 g/mol. The Balaban J connectivity index is 1.82. The number of nitrogen functional groups attached to an aromatic ring is 1. The predicted octanol–water partition coefficient (Wildman–Crippen LogP) is 5.85. The van der Waals surface area contributed by atoms with E-state index in [-0.39, 0.29) is 11.4 Å². The van der Waals surface area contributed by atoms with Gasteiger partial charge in [0, 0.05) is 22.7 Å². The smallest absolute Gasteiger partial charge is 0.222 e. The van der Waals surface area contributed by atoms with Gasteiger partial charge in [-0.1, -0.05) is 43.2 Å². The summed E-state index contributed by atoms with van der Waals surface area (Å²) in [5, 5.41) is 3.93. The summed E-state index contributed by atoms with van der Waals surface area (Å²) in [6.45, 7) is 6.85. The zero-order valence-corrected chi connectivity index (χ0v) is 16.2. The monoisotopic (exact) mass is 368 g/mol. The van der Waals surface area contributed by atoms with E-state index in [2.05, 4.69) is 48.2 Å². The summed E-state index contributed by atoms with van der Waals surface area (Å²) < 4.78 is 0. The van der Waals surface area contributed by atoms with Crippen LogP contribution in [-0.4, -0.2) is 9.97 Å². The van der Waals surface area contributed by atoms with Crippen LogP contribution in [0.5, 0.6) is 0 Å². The van der Waals surface area contributed by atoms with E-state index >= 15 is 0 Å². The highest BCUT2D eigenvalue weighted by Crippen LogP contribution is 2.41. The Bertz CT molecular complexity index is 838. The molecule has 1 heterocycles. The van der Waals surface area contributed by atoms with Crippen LogP contribution in [0.15, 0.2) is 48.1 Å². The lowest BCUT2D eigenvalue weighted by atomic mass is 9.68.